The molecule has 0 aliphatic heterocycles. The number of alkyl halides is 1. The van der Waals surface area contributed by atoms with Crippen molar-refractivity contribution in [3.63, 3.8) is 0 Å². The molecule has 5 heteroatoms. The molecule has 3 nitrogen and oxygen atoms in total. The molecule has 0 spiro atoms. The molecular formula is C11H17Cl2N3. The summed E-state index contributed by atoms with van der Waals surface area (Å²) in [5.41, 5.74) is 0. The van der Waals surface area contributed by atoms with E-state index in [4.69, 9.17) is 23.2 Å². The first-order chi connectivity index (χ1) is 7.76. The van der Waals surface area contributed by atoms with Crippen molar-refractivity contribution in [3.05, 3.63) is 17.4 Å². The van der Waals surface area contributed by atoms with E-state index in [-0.39, 0.29) is 0 Å². The van der Waals surface area contributed by atoms with Crippen molar-refractivity contribution in [2.45, 2.75) is 26.2 Å². The third-order valence-electron chi connectivity index (χ3n) is 2.38. The first-order valence-corrected chi connectivity index (χ1v) is 6.45. The standard InChI is InChI=1S/C11H17Cl2N3/c1-2-3-9(4-5-12)6-14-11-15-7-10(13)8-16-11/h7-9H,2-6H2,1H3,(H,14,15,16). The Morgan fingerprint density at radius 3 is 2.56 bits per heavy atom. The van der Waals surface area contributed by atoms with Gasteiger partial charge >= 0.3 is 0 Å². The smallest absolute Gasteiger partial charge is 0.222 e. The summed E-state index contributed by atoms with van der Waals surface area (Å²) in [6.07, 6.45) is 6.55. The molecule has 1 heterocycles. The molecule has 16 heavy (non-hydrogen) atoms. The fraction of sp³-hybridized carbons (Fsp3) is 0.636. The van der Waals surface area contributed by atoms with Gasteiger partial charge in [0.05, 0.1) is 17.4 Å². The van der Waals surface area contributed by atoms with E-state index in [1.54, 1.807) is 12.4 Å². The van der Waals surface area contributed by atoms with E-state index < -0.39 is 0 Å². The van der Waals surface area contributed by atoms with Crippen LogP contribution >= 0.6 is 23.2 Å². The maximum atomic E-state index is 5.76. The van der Waals surface area contributed by atoms with Gasteiger partial charge in [-0.05, 0) is 18.8 Å². The van der Waals surface area contributed by atoms with Gasteiger partial charge in [0.2, 0.25) is 5.95 Å². The SMILES string of the molecule is CCCC(CCCl)CNc1ncc(Cl)cn1. The Morgan fingerprint density at radius 1 is 1.31 bits per heavy atom. The van der Waals surface area contributed by atoms with E-state index in [2.05, 4.69) is 22.2 Å². The number of hydrogen-bond donors (Lipinski definition) is 1. The van der Waals surface area contributed by atoms with E-state index >= 15 is 0 Å². The van der Waals surface area contributed by atoms with Gasteiger partial charge in [-0.2, -0.15) is 0 Å². The van der Waals surface area contributed by atoms with Gasteiger partial charge in [-0.3, -0.25) is 0 Å². The van der Waals surface area contributed by atoms with Crippen LogP contribution < -0.4 is 5.32 Å². The van der Waals surface area contributed by atoms with Crippen LogP contribution in [0.25, 0.3) is 0 Å². The quantitative estimate of drug-likeness (QED) is 0.763. The lowest BCUT2D eigenvalue weighted by atomic mass is 10.0. The van der Waals surface area contributed by atoms with Gasteiger partial charge in [0.15, 0.2) is 0 Å². The lowest BCUT2D eigenvalue weighted by Gasteiger charge is -2.15. The normalized spacial score (nSPS) is 12.4. The molecule has 1 aromatic rings. The topological polar surface area (TPSA) is 37.8 Å². The molecule has 0 aliphatic rings. The van der Waals surface area contributed by atoms with Crippen molar-refractivity contribution < 1.29 is 0 Å². The predicted octanol–water partition coefficient (Wildman–Crippen LogP) is 3.59. The second-order valence-corrected chi connectivity index (χ2v) is 4.55. The summed E-state index contributed by atoms with van der Waals surface area (Å²) in [6.45, 7) is 3.04. The highest BCUT2D eigenvalue weighted by Gasteiger charge is 2.07. The highest BCUT2D eigenvalue weighted by atomic mass is 35.5. The minimum atomic E-state index is 0.552. The van der Waals surface area contributed by atoms with Crippen LogP contribution in [0.1, 0.15) is 26.2 Å². The number of aromatic nitrogens is 2. The second kappa shape index (κ2) is 7.69. The summed E-state index contributed by atoms with van der Waals surface area (Å²) in [5.74, 6) is 1.91. The molecule has 1 N–H and O–H groups in total. The van der Waals surface area contributed by atoms with Gasteiger partial charge in [-0.1, -0.05) is 24.9 Å². The van der Waals surface area contributed by atoms with Gasteiger partial charge in [0, 0.05) is 12.4 Å². The van der Waals surface area contributed by atoms with Crippen molar-refractivity contribution in [1.29, 1.82) is 0 Å². The van der Waals surface area contributed by atoms with Gasteiger partial charge < -0.3 is 5.32 Å². The summed E-state index contributed by atoms with van der Waals surface area (Å²) < 4.78 is 0. The molecule has 1 aromatic heterocycles. The molecule has 0 aliphatic carbocycles. The Bertz CT molecular complexity index is 284. The first kappa shape index (κ1) is 13.5. The minimum Gasteiger partial charge on any atom is -0.354 e. The molecule has 0 fully saturated rings. The van der Waals surface area contributed by atoms with Crippen LogP contribution in [0.4, 0.5) is 5.95 Å². The van der Waals surface area contributed by atoms with Crippen LogP contribution in [-0.4, -0.2) is 22.4 Å². The number of nitrogens with zero attached hydrogens (tertiary/aromatic N) is 2. The van der Waals surface area contributed by atoms with Crippen LogP contribution in [0.2, 0.25) is 5.02 Å². The van der Waals surface area contributed by atoms with E-state index in [0.29, 0.717) is 22.8 Å². The number of nitrogens with one attached hydrogen (secondary N) is 1. The van der Waals surface area contributed by atoms with Crippen LogP contribution in [0.3, 0.4) is 0 Å². The van der Waals surface area contributed by atoms with Crippen molar-refractivity contribution in [3.8, 4) is 0 Å². The molecule has 1 unspecified atom stereocenters. The summed E-state index contributed by atoms with van der Waals surface area (Å²) in [6, 6.07) is 0. The molecule has 1 rings (SSSR count). The maximum absolute atomic E-state index is 5.76. The Hall–Kier alpha value is -0.540. The van der Waals surface area contributed by atoms with Crippen LogP contribution in [0.15, 0.2) is 12.4 Å². The molecule has 1 atom stereocenters. The zero-order chi connectivity index (χ0) is 11.8. The lowest BCUT2D eigenvalue weighted by Crippen LogP contribution is -2.16. The number of hydrogen-bond acceptors (Lipinski definition) is 3. The van der Waals surface area contributed by atoms with Gasteiger partial charge in [-0.25, -0.2) is 9.97 Å². The van der Waals surface area contributed by atoms with Gasteiger partial charge in [-0.15, -0.1) is 11.6 Å². The second-order valence-electron chi connectivity index (χ2n) is 3.74. The third-order valence-corrected chi connectivity index (χ3v) is 2.80. The number of anilines is 1. The summed E-state index contributed by atoms with van der Waals surface area (Å²) in [5, 5.41) is 3.75. The molecule has 0 amide bonds. The third kappa shape index (κ3) is 4.99. The van der Waals surface area contributed by atoms with E-state index in [0.717, 1.165) is 13.0 Å². The largest absolute Gasteiger partial charge is 0.354 e. The van der Waals surface area contributed by atoms with E-state index in [9.17, 15) is 0 Å². The summed E-state index contributed by atoms with van der Waals surface area (Å²) in [4.78, 5) is 8.17. The highest BCUT2D eigenvalue weighted by Crippen LogP contribution is 2.13. The Labute approximate surface area is 107 Å². The average Bonchev–Trinajstić information content (AvgIpc) is 2.29. The maximum Gasteiger partial charge on any atom is 0.222 e. The predicted molar refractivity (Wildman–Crippen MR) is 69.3 cm³/mol. The molecule has 90 valence electrons. The Kier molecular flexibility index (Phi) is 6.50. The fourth-order valence-corrected chi connectivity index (χ4v) is 1.96. The molecular weight excluding hydrogens is 245 g/mol. The average molecular weight is 262 g/mol. The Morgan fingerprint density at radius 2 is 2.00 bits per heavy atom. The molecule has 0 aromatic carbocycles. The van der Waals surface area contributed by atoms with Gasteiger partial charge in [0.25, 0.3) is 0 Å². The monoisotopic (exact) mass is 261 g/mol. The fourth-order valence-electron chi connectivity index (χ4n) is 1.55. The highest BCUT2D eigenvalue weighted by molar-refractivity contribution is 6.30. The Balaban J connectivity index is 2.38. The summed E-state index contributed by atoms with van der Waals surface area (Å²) >= 11 is 11.5. The van der Waals surface area contributed by atoms with Crippen molar-refractivity contribution in [2.24, 2.45) is 5.92 Å². The molecule has 0 radical (unpaired) electrons. The van der Waals surface area contributed by atoms with Crippen molar-refractivity contribution in [1.82, 2.24) is 9.97 Å². The first-order valence-electron chi connectivity index (χ1n) is 5.53. The zero-order valence-electron chi connectivity index (χ0n) is 9.42. The van der Waals surface area contributed by atoms with E-state index in [1.807, 2.05) is 0 Å². The number of halogens is 2. The van der Waals surface area contributed by atoms with Crippen LogP contribution in [-0.2, 0) is 0 Å². The summed E-state index contributed by atoms with van der Waals surface area (Å²) in [7, 11) is 0. The minimum absolute atomic E-state index is 0.552. The van der Waals surface area contributed by atoms with Crippen molar-refractivity contribution >= 4 is 29.2 Å². The van der Waals surface area contributed by atoms with Crippen LogP contribution in [0.5, 0.6) is 0 Å². The lowest BCUT2D eigenvalue weighted by molar-refractivity contribution is 0.489. The van der Waals surface area contributed by atoms with E-state index in [1.165, 1.54) is 12.8 Å². The number of rotatable bonds is 7. The van der Waals surface area contributed by atoms with Crippen molar-refractivity contribution in [2.75, 3.05) is 17.7 Å². The van der Waals surface area contributed by atoms with Crippen LogP contribution in [0, 0.1) is 5.92 Å². The molecule has 0 saturated carbocycles. The molecule has 0 bridgehead atoms. The van der Waals surface area contributed by atoms with Gasteiger partial charge in [0.1, 0.15) is 0 Å². The molecule has 0 saturated heterocycles. The zero-order valence-corrected chi connectivity index (χ0v) is 10.9.